The highest BCUT2D eigenvalue weighted by Gasteiger charge is 2.25. The van der Waals surface area contributed by atoms with Crippen LogP contribution in [0.15, 0.2) is 18.5 Å². The molecule has 0 radical (unpaired) electrons. The van der Waals surface area contributed by atoms with Gasteiger partial charge in [0, 0.05) is 18.1 Å². The molecule has 2 aliphatic carbocycles. The summed E-state index contributed by atoms with van der Waals surface area (Å²) in [5, 5.41) is 22.1. The maximum atomic E-state index is 10.9. The number of hydrogen-bond donors (Lipinski definition) is 5. The number of anilines is 2. The van der Waals surface area contributed by atoms with Gasteiger partial charge in [-0.05, 0) is 64.5 Å². The Morgan fingerprint density at radius 3 is 2.47 bits per heavy atom. The maximum absolute atomic E-state index is 10.9. The molecule has 1 saturated heterocycles. The van der Waals surface area contributed by atoms with Crippen molar-refractivity contribution in [1.29, 1.82) is 0 Å². The first-order chi connectivity index (χ1) is 15.7. The molecule has 0 spiro atoms. The molecule has 10 heteroatoms. The number of fused-ring (bicyclic) bond motifs is 1. The number of hydrogen-bond acceptors (Lipinski definition) is 7. The van der Waals surface area contributed by atoms with Crippen molar-refractivity contribution in [3.63, 3.8) is 0 Å². The lowest BCUT2D eigenvalue weighted by Gasteiger charge is -2.29. The topological polar surface area (TPSA) is 129 Å². The van der Waals surface area contributed by atoms with Gasteiger partial charge in [0.2, 0.25) is 5.95 Å². The van der Waals surface area contributed by atoms with Crippen LogP contribution in [-0.4, -0.2) is 61.9 Å². The van der Waals surface area contributed by atoms with Crippen LogP contribution in [0.25, 0.3) is 11.2 Å². The molecule has 1 aliphatic heterocycles. The summed E-state index contributed by atoms with van der Waals surface area (Å²) in [6.45, 7) is 2.01. The monoisotopic (exact) mass is 440 g/mol. The van der Waals surface area contributed by atoms with Gasteiger partial charge >= 0.3 is 6.09 Å². The van der Waals surface area contributed by atoms with Crippen LogP contribution in [0, 0.1) is 0 Å². The molecule has 1 unspecified atom stereocenters. The molecule has 10 nitrogen and oxygen atoms in total. The summed E-state index contributed by atoms with van der Waals surface area (Å²) in [5.41, 5.74) is 1.68. The summed E-state index contributed by atoms with van der Waals surface area (Å²) >= 11 is 0. The minimum atomic E-state index is -0.946. The molecule has 172 valence electrons. The smallest absolute Gasteiger partial charge is 0.404 e. The molecular weight excluding hydrogens is 408 g/mol. The maximum Gasteiger partial charge on any atom is 0.404 e. The van der Waals surface area contributed by atoms with E-state index in [9.17, 15) is 4.79 Å². The van der Waals surface area contributed by atoms with Crippen LogP contribution in [0.4, 0.5) is 16.6 Å². The molecule has 2 fully saturated rings. The van der Waals surface area contributed by atoms with Gasteiger partial charge in [-0.25, -0.2) is 9.78 Å². The SMILES string of the molecule is O=C(O)NC1CCC(Nc2nc(NC3CCNCC3)c3ncn(C4C=CCC4)c3n2)CC1. The molecule has 1 amide bonds. The van der Waals surface area contributed by atoms with Crippen molar-refractivity contribution in [2.24, 2.45) is 0 Å². The third kappa shape index (κ3) is 4.64. The summed E-state index contributed by atoms with van der Waals surface area (Å²) in [5.74, 6) is 1.42. The highest BCUT2D eigenvalue weighted by atomic mass is 16.4. The van der Waals surface area contributed by atoms with E-state index in [0.29, 0.717) is 12.0 Å². The minimum absolute atomic E-state index is 0.0293. The third-order valence-electron chi connectivity index (χ3n) is 6.83. The fourth-order valence-corrected chi connectivity index (χ4v) is 5.07. The Labute approximate surface area is 187 Å². The Morgan fingerprint density at radius 1 is 1.00 bits per heavy atom. The lowest BCUT2D eigenvalue weighted by atomic mass is 9.91. The van der Waals surface area contributed by atoms with Gasteiger partial charge in [-0.2, -0.15) is 9.97 Å². The van der Waals surface area contributed by atoms with E-state index in [1.54, 1.807) is 0 Å². The van der Waals surface area contributed by atoms with Gasteiger partial charge in [0.05, 0.1) is 12.4 Å². The fraction of sp³-hybridized carbons (Fsp3) is 0.636. The number of amides is 1. The van der Waals surface area contributed by atoms with Crippen LogP contribution in [0.3, 0.4) is 0 Å². The number of piperidine rings is 1. The van der Waals surface area contributed by atoms with Crippen LogP contribution in [0.1, 0.15) is 57.4 Å². The zero-order chi connectivity index (χ0) is 21.9. The first kappa shape index (κ1) is 21.0. The van der Waals surface area contributed by atoms with E-state index in [2.05, 4.69) is 43.0 Å². The molecule has 1 atom stereocenters. The van der Waals surface area contributed by atoms with Crippen LogP contribution in [-0.2, 0) is 0 Å². The zero-order valence-corrected chi connectivity index (χ0v) is 18.3. The number of allylic oxidation sites excluding steroid dienone is 2. The van der Waals surface area contributed by atoms with Crippen molar-refractivity contribution in [2.45, 2.75) is 75.5 Å². The van der Waals surface area contributed by atoms with E-state index in [4.69, 9.17) is 15.1 Å². The average molecular weight is 441 g/mol. The van der Waals surface area contributed by atoms with Crippen molar-refractivity contribution in [3.05, 3.63) is 18.5 Å². The minimum Gasteiger partial charge on any atom is -0.465 e. The fourth-order valence-electron chi connectivity index (χ4n) is 5.07. The third-order valence-corrected chi connectivity index (χ3v) is 6.83. The predicted molar refractivity (Wildman–Crippen MR) is 123 cm³/mol. The van der Waals surface area contributed by atoms with Gasteiger partial charge in [0.15, 0.2) is 17.0 Å². The van der Waals surface area contributed by atoms with Crippen molar-refractivity contribution in [3.8, 4) is 0 Å². The van der Waals surface area contributed by atoms with E-state index in [0.717, 1.165) is 81.4 Å². The molecule has 3 aliphatic rings. The summed E-state index contributed by atoms with van der Waals surface area (Å²) in [7, 11) is 0. The lowest BCUT2D eigenvalue weighted by Crippen LogP contribution is -2.39. The number of carboxylic acid groups (broad SMARTS) is 1. The van der Waals surface area contributed by atoms with Crippen molar-refractivity contribution in [1.82, 2.24) is 30.2 Å². The number of carbonyl (C=O) groups is 1. The quantitative estimate of drug-likeness (QED) is 0.434. The largest absolute Gasteiger partial charge is 0.465 e. The second-order valence-electron chi connectivity index (χ2n) is 9.10. The molecule has 0 bridgehead atoms. The molecule has 2 aromatic heterocycles. The molecule has 5 rings (SSSR count). The van der Waals surface area contributed by atoms with E-state index in [1.165, 1.54) is 0 Å². The summed E-state index contributed by atoms with van der Waals surface area (Å²) in [4.78, 5) is 25.3. The second-order valence-corrected chi connectivity index (χ2v) is 9.10. The first-order valence-corrected chi connectivity index (χ1v) is 11.8. The standard InChI is InChI=1S/C22H32N8O2/c31-22(32)27-15-7-5-14(6-8-15)26-21-28-19(25-16-9-11-23-12-10-16)18-20(29-21)30(13-24-18)17-3-1-2-4-17/h1,3,13-17,23,27H,2,4-12H2,(H,31,32)(H2,25,26,28,29). The van der Waals surface area contributed by atoms with Crippen LogP contribution in [0.5, 0.6) is 0 Å². The van der Waals surface area contributed by atoms with Crippen molar-refractivity contribution in [2.75, 3.05) is 23.7 Å². The molecule has 5 N–H and O–H groups in total. The normalized spacial score (nSPS) is 26.3. The number of nitrogens with zero attached hydrogens (tertiary/aromatic N) is 4. The summed E-state index contributed by atoms with van der Waals surface area (Å²) < 4.78 is 2.16. The van der Waals surface area contributed by atoms with Crippen LogP contribution in [0.2, 0.25) is 0 Å². The number of imidazole rings is 1. The number of rotatable bonds is 6. The molecule has 1 saturated carbocycles. The molecular formula is C22H32N8O2. The van der Waals surface area contributed by atoms with Crippen LogP contribution < -0.4 is 21.3 Å². The Hall–Kier alpha value is -2.88. The van der Waals surface area contributed by atoms with Gasteiger partial charge in [0.1, 0.15) is 0 Å². The molecule has 32 heavy (non-hydrogen) atoms. The first-order valence-electron chi connectivity index (χ1n) is 11.8. The molecule has 0 aromatic carbocycles. The van der Waals surface area contributed by atoms with E-state index >= 15 is 0 Å². The van der Waals surface area contributed by atoms with E-state index < -0.39 is 6.09 Å². The van der Waals surface area contributed by atoms with Crippen molar-refractivity contribution >= 4 is 29.0 Å². The molecule has 2 aromatic rings. The second kappa shape index (κ2) is 9.32. The number of aromatic nitrogens is 4. The Bertz CT molecular complexity index is 976. The Morgan fingerprint density at radius 2 is 1.75 bits per heavy atom. The van der Waals surface area contributed by atoms with Gasteiger partial charge in [-0.15, -0.1) is 0 Å². The van der Waals surface area contributed by atoms with Gasteiger partial charge in [0.25, 0.3) is 0 Å². The predicted octanol–water partition coefficient (Wildman–Crippen LogP) is 2.87. The highest BCUT2D eigenvalue weighted by Crippen LogP contribution is 2.30. The summed E-state index contributed by atoms with van der Waals surface area (Å²) in [6.07, 6.45) is 13.0. The van der Waals surface area contributed by atoms with E-state index in [1.807, 2.05) is 6.33 Å². The zero-order valence-electron chi connectivity index (χ0n) is 18.3. The van der Waals surface area contributed by atoms with Gasteiger partial charge < -0.3 is 30.9 Å². The average Bonchev–Trinajstić information content (AvgIpc) is 3.45. The lowest BCUT2D eigenvalue weighted by molar-refractivity contribution is 0.185. The van der Waals surface area contributed by atoms with Gasteiger partial charge in [-0.3, -0.25) is 0 Å². The Balaban J connectivity index is 1.38. The summed E-state index contributed by atoms with van der Waals surface area (Å²) in [6, 6.07) is 0.915. The van der Waals surface area contributed by atoms with Crippen LogP contribution >= 0.6 is 0 Å². The van der Waals surface area contributed by atoms with E-state index in [-0.39, 0.29) is 18.1 Å². The highest BCUT2D eigenvalue weighted by molar-refractivity contribution is 5.84. The number of nitrogens with one attached hydrogen (secondary N) is 4. The van der Waals surface area contributed by atoms with Crippen molar-refractivity contribution < 1.29 is 9.90 Å². The molecule has 3 heterocycles. The van der Waals surface area contributed by atoms with Gasteiger partial charge in [-0.1, -0.05) is 12.2 Å². The Kier molecular flexibility index (Phi) is 6.11.